The summed E-state index contributed by atoms with van der Waals surface area (Å²) in [5.41, 5.74) is 4.89. The van der Waals surface area contributed by atoms with E-state index < -0.39 is 0 Å². The van der Waals surface area contributed by atoms with Gasteiger partial charge in [0.05, 0.1) is 5.56 Å². The van der Waals surface area contributed by atoms with Crippen molar-refractivity contribution >= 4 is 5.65 Å². The van der Waals surface area contributed by atoms with Crippen molar-refractivity contribution in [2.75, 3.05) is 0 Å². The van der Waals surface area contributed by atoms with Crippen LogP contribution in [0.3, 0.4) is 0 Å². The van der Waals surface area contributed by atoms with Gasteiger partial charge in [0.1, 0.15) is 23.7 Å². The van der Waals surface area contributed by atoms with Gasteiger partial charge >= 0.3 is 0 Å². The number of benzene rings is 2. The molecule has 0 spiro atoms. The Hall–Kier alpha value is -3.41. The monoisotopic (exact) mass is 344 g/mol. The third-order valence-electron chi connectivity index (χ3n) is 4.71. The lowest BCUT2D eigenvalue weighted by atomic mass is 9.83. The molecule has 0 aliphatic carbocycles. The lowest BCUT2D eigenvalue weighted by Gasteiger charge is -2.28. The van der Waals surface area contributed by atoms with E-state index in [1.807, 2.05) is 13.0 Å². The smallest absolute Gasteiger partial charge is 0.228 e. The van der Waals surface area contributed by atoms with Gasteiger partial charge in [-0.3, -0.25) is 0 Å². The molecule has 2 aromatic carbocycles. The van der Waals surface area contributed by atoms with Crippen LogP contribution in [0.25, 0.3) is 5.65 Å². The standard InChI is InChI=1S/C20H16N4O2/c1-11-3-5-13(6-4-11)17-15-8-7-14(25)9-16(15)26-20-18(17)19-22-12(2)23-24(19)10-21-20/h3-10,17,25H,1-2H3/t17-/m0/s1. The number of hydrogen-bond acceptors (Lipinski definition) is 5. The molecule has 6 nitrogen and oxygen atoms in total. The van der Waals surface area contributed by atoms with Gasteiger partial charge in [-0.2, -0.15) is 5.10 Å². The Bertz CT molecular complexity index is 1150. The topological polar surface area (TPSA) is 72.5 Å². The van der Waals surface area contributed by atoms with Crippen molar-refractivity contribution in [1.29, 1.82) is 0 Å². The second-order valence-corrected chi connectivity index (χ2v) is 6.56. The van der Waals surface area contributed by atoms with Gasteiger partial charge in [0.2, 0.25) is 5.88 Å². The van der Waals surface area contributed by atoms with Gasteiger partial charge in [0, 0.05) is 17.5 Å². The normalized spacial score (nSPS) is 15.4. The molecular formula is C20H16N4O2. The van der Waals surface area contributed by atoms with Crippen molar-refractivity contribution in [3.8, 4) is 17.4 Å². The van der Waals surface area contributed by atoms with Gasteiger partial charge in [-0.25, -0.2) is 14.5 Å². The van der Waals surface area contributed by atoms with Crippen molar-refractivity contribution in [3.63, 3.8) is 0 Å². The van der Waals surface area contributed by atoms with Gasteiger partial charge in [-0.15, -0.1) is 0 Å². The number of aromatic hydroxyl groups is 1. The molecule has 0 saturated heterocycles. The molecule has 3 heterocycles. The molecule has 26 heavy (non-hydrogen) atoms. The first kappa shape index (κ1) is 14.9. The molecule has 6 heteroatoms. The summed E-state index contributed by atoms with van der Waals surface area (Å²) in [5.74, 6) is 1.84. The van der Waals surface area contributed by atoms with Crippen LogP contribution in [0.4, 0.5) is 0 Å². The van der Waals surface area contributed by atoms with E-state index in [-0.39, 0.29) is 11.7 Å². The van der Waals surface area contributed by atoms with E-state index in [2.05, 4.69) is 46.3 Å². The molecule has 0 saturated carbocycles. The van der Waals surface area contributed by atoms with Gasteiger partial charge < -0.3 is 9.84 Å². The minimum absolute atomic E-state index is 0.102. The average molecular weight is 344 g/mol. The molecule has 1 atom stereocenters. The number of nitrogens with zero attached hydrogens (tertiary/aromatic N) is 4. The van der Waals surface area contributed by atoms with E-state index in [4.69, 9.17) is 4.74 Å². The SMILES string of the molecule is Cc1ccc([C@H]2c3ccc(O)cc3Oc3ncn4nc(C)nc4c32)cc1. The summed E-state index contributed by atoms with van der Waals surface area (Å²) < 4.78 is 7.68. The molecule has 5 rings (SSSR count). The minimum Gasteiger partial charge on any atom is -0.508 e. The van der Waals surface area contributed by atoms with Crippen LogP contribution in [0.15, 0.2) is 48.8 Å². The van der Waals surface area contributed by atoms with Crippen LogP contribution in [0.5, 0.6) is 17.4 Å². The Morgan fingerprint density at radius 3 is 2.69 bits per heavy atom. The van der Waals surface area contributed by atoms with E-state index >= 15 is 0 Å². The molecule has 0 bridgehead atoms. The Morgan fingerprint density at radius 2 is 1.88 bits per heavy atom. The molecule has 2 aromatic heterocycles. The van der Waals surface area contributed by atoms with Crippen LogP contribution in [0.2, 0.25) is 0 Å². The van der Waals surface area contributed by atoms with E-state index in [0.29, 0.717) is 17.5 Å². The van der Waals surface area contributed by atoms with Crippen LogP contribution >= 0.6 is 0 Å². The number of rotatable bonds is 1. The average Bonchev–Trinajstić information content (AvgIpc) is 3.01. The Morgan fingerprint density at radius 1 is 1.08 bits per heavy atom. The number of phenols is 1. The van der Waals surface area contributed by atoms with Crippen molar-refractivity contribution in [1.82, 2.24) is 19.6 Å². The van der Waals surface area contributed by atoms with Crippen LogP contribution in [-0.4, -0.2) is 24.7 Å². The van der Waals surface area contributed by atoms with Crippen LogP contribution < -0.4 is 4.74 Å². The zero-order chi connectivity index (χ0) is 17.8. The van der Waals surface area contributed by atoms with Crippen molar-refractivity contribution in [2.24, 2.45) is 0 Å². The van der Waals surface area contributed by atoms with Crippen LogP contribution in [-0.2, 0) is 0 Å². The third-order valence-corrected chi connectivity index (χ3v) is 4.71. The van der Waals surface area contributed by atoms with Gasteiger partial charge in [0.15, 0.2) is 5.65 Å². The fourth-order valence-electron chi connectivity index (χ4n) is 3.52. The maximum Gasteiger partial charge on any atom is 0.228 e. The Labute approximate surface area is 149 Å². The first-order valence-electron chi connectivity index (χ1n) is 8.39. The summed E-state index contributed by atoms with van der Waals surface area (Å²) in [6.45, 7) is 3.92. The number of aromatic nitrogens is 4. The molecule has 1 N–H and O–H groups in total. The van der Waals surface area contributed by atoms with E-state index in [9.17, 15) is 5.11 Å². The van der Waals surface area contributed by atoms with Crippen LogP contribution in [0, 0.1) is 13.8 Å². The highest BCUT2D eigenvalue weighted by atomic mass is 16.5. The maximum absolute atomic E-state index is 9.88. The molecular weight excluding hydrogens is 328 g/mol. The number of ether oxygens (including phenoxy) is 1. The first-order chi connectivity index (χ1) is 12.6. The van der Waals surface area contributed by atoms with Crippen molar-refractivity contribution in [2.45, 2.75) is 19.8 Å². The predicted octanol–water partition coefficient (Wildman–Crippen LogP) is 3.73. The van der Waals surface area contributed by atoms with Crippen LogP contribution in [0.1, 0.15) is 34.0 Å². The highest BCUT2D eigenvalue weighted by Crippen LogP contribution is 2.48. The molecule has 4 aromatic rings. The quantitative estimate of drug-likeness (QED) is 0.501. The first-order valence-corrected chi connectivity index (χ1v) is 8.39. The highest BCUT2D eigenvalue weighted by Gasteiger charge is 2.33. The Kier molecular flexibility index (Phi) is 3.03. The molecule has 0 unspecified atom stereocenters. The molecule has 0 fully saturated rings. The predicted molar refractivity (Wildman–Crippen MR) is 95.8 cm³/mol. The van der Waals surface area contributed by atoms with Gasteiger partial charge in [-0.05, 0) is 25.5 Å². The lowest BCUT2D eigenvalue weighted by molar-refractivity contribution is 0.422. The number of fused-ring (bicyclic) bond motifs is 4. The summed E-state index contributed by atoms with van der Waals surface area (Å²) in [6, 6.07) is 13.6. The van der Waals surface area contributed by atoms with E-state index in [1.165, 1.54) is 5.56 Å². The zero-order valence-corrected chi connectivity index (χ0v) is 14.3. The summed E-state index contributed by atoms with van der Waals surface area (Å²) in [6.07, 6.45) is 1.61. The second-order valence-electron chi connectivity index (χ2n) is 6.56. The van der Waals surface area contributed by atoms with E-state index in [0.717, 1.165) is 22.3 Å². The largest absolute Gasteiger partial charge is 0.508 e. The number of hydrogen-bond donors (Lipinski definition) is 1. The maximum atomic E-state index is 9.88. The summed E-state index contributed by atoms with van der Waals surface area (Å²) in [7, 11) is 0. The zero-order valence-electron chi connectivity index (χ0n) is 14.3. The molecule has 0 amide bonds. The molecule has 0 radical (unpaired) electrons. The van der Waals surface area contributed by atoms with Crippen molar-refractivity contribution < 1.29 is 9.84 Å². The minimum atomic E-state index is -0.102. The fourth-order valence-corrected chi connectivity index (χ4v) is 3.52. The molecule has 1 aliphatic rings. The third kappa shape index (κ3) is 2.15. The lowest BCUT2D eigenvalue weighted by Crippen LogP contribution is -2.15. The fraction of sp³-hybridized carbons (Fsp3) is 0.150. The highest BCUT2D eigenvalue weighted by molar-refractivity contribution is 5.66. The Balaban J connectivity index is 1.84. The molecule has 1 aliphatic heterocycles. The number of phenolic OH excluding ortho intramolecular Hbond substituents is 1. The number of aryl methyl sites for hydroxylation is 2. The van der Waals surface area contributed by atoms with Gasteiger partial charge in [0.25, 0.3) is 0 Å². The van der Waals surface area contributed by atoms with E-state index in [1.54, 1.807) is 23.0 Å². The molecule has 128 valence electrons. The summed E-state index contributed by atoms with van der Waals surface area (Å²) in [4.78, 5) is 9.03. The summed E-state index contributed by atoms with van der Waals surface area (Å²) in [5, 5.41) is 14.3. The summed E-state index contributed by atoms with van der Waals surface area (Å²) >= 11 is 0. The second kappa shape index (κ2) is 5.29. The van der Waals surface area contributed by atoms with Gasteiger partial charge in [-0.1, -0.05) is 35.9 Å². The van der Waals surface area contributed by atoms with Crippen molar-refractivity contribution in [3.05, 3.63) is 76.9 Å².